The van der Waals surface area contributed by atoms with Gasteiger partial charge in [-0.3, -0.25) is 0 Å². The van der Waals surface area contributed by atoms with Crippen molar-refractivity contribution in [3.63, 3.8) is 0 Å². The Balaban J connectivity index is 2.11. The van der Waals surface area contributed by atoms with Crippen LogP contribution in [-0.4, -0.2) is 22.9 Å². The van der Waals surface area contributed by atoms with Crippen LogP contribution in [0.25, 0.3) is 10.9 Å². The number of aromatic nitrogens is 1. The highest BCUT2D eigenvalue weighted by molar-refractivity contribution is 5.80. The Morgan fingerprint density at radius 3 is 2.88 bits per heavy atom. The van der Waals surface area contributed by atoms with Gasteiger partial charge in [-0.25, -0.2) is 0 Å². The number of aliphatic hydroxyl groups is 1. The lowest BCUT2D eigenvalue weighted by Crippen LogP contribution is -2.05. The molecule has 0 saturated carbocycles. The molecule has 1 aromatic carbocycles. The lowest BCUT2D eigenvalue weighted by molar-refractivity contribution is 0.127. The van der Waals surface area contributed by atoms with E-state index in [4.69, 9.17) is 9.84 Å². The van der Waals surface area contributed by atoms with E-state index < -0.39 is 0 Å². The van der Waals surface area contributed by atoms with E-state index >= 15 is 0 Å². The molecule has 0 bridgehead atoms. The highest BCUT2D eigenvalue weighted by atomic mass is 16.5. The van der Waals surface area contributed by atoms with Crippen LogP contribution in [0, 0.1) is 0 Å². The van der Waals surface area contributed by atoms with Crippen LogP contribution in [0.3, 0.4) is 0 Å². The molecule has 1 N–H and O–H groups in total. The van der Waals surface area contributed by atoms with E-state index in [2.05, 4.69) is 23.8 Å². The van der Waals surface area contributed by atoms with Gasteiger partial charge in [-0.05, 0) is 29.5 Å². The fraction of sp³-hybridized carbons (Fsp3) is 0.429. The molecule has 17 heavy (non-hydrogen) atoms. The predicted molar refractivity (Wildman–Crippen MR) is 69.0 cm³/mol. The van der Waals surface area contributed by atoms with Crippen LogP contribution in [0.5, 0.6) is 0 Å². The first-order valence-corrected chi connectivity index (χ1v) is 6.11. The van der Waals surface area contributed by atoms with Crippen molar-refractivity contribution in [1.29, 1.82) is 0 Å². The van der Waals surface area contributed by atoms with Crippen LogP contribution < -0.4 is 0 Å². The molecular weight excluding hydrogens is 214 g/mol. The summed E-state index contributed by atoms with van der Waals surface area (Å²) in [4.78, 5) is 0. The molecule has 0 amide bonds. The second-order valence-electron chi connectivity index (χ2n) is 4.17. The zero-order chi connectivity index (χ0) is 12.1. The van der Waals surface area contributed by atoms with Crippen LogP contribution in [0.2, 0.25) is 0 Å². The van der Waals surface area contributed by atoms with E-state index in [1.807, 2.05) is 18.2 Å². The Hall–Kier alpha value is -1.32. The third-order valence-electron chi connectivity index (χ3n) is 2.85. The maximum Gasteiger partial charge on any atom is 0.0682 e. The minimum atomic E-state index is 0.0907. The summed E-state index contributed by atoms with van der Waals surface area (Å²) in [5.41, 5.74) is 2.11. The zero-order valence-electron chi connectivity index (χ0n) is 10.2. The second kappa shape index (κ2) is 5.84. The first kappa shape index (κ1) is 12.1. The lowest BCUT2D eigenvalue weighted by atomic mass is 10.2. The Morgan fingerprint density at radius 1 is 1.24 bits per heavy atom. The molecule has 0 aliphatic carbocycles. The average molecular weight is 233 g/mol. The molecule has 2 aromatic rings. The normalized spacial score (nSPS) is 11.2. The first-order valence-electron chi connectivity index (χ1n) is 6.11. The van der Waals surface area contributed by atoms with Crippen LogP contribution in [0.1, 0.15) is 18.9 Å². The van der Waals surface area contributed by atoms with Gasteiger partial charge in [-0.15, -0.1) is 0 Å². The van der Waals surface area contributed by atoms with Gasteiger partial charge in [-0.2, -0.15) is 0 Å². The highest BCUT2D eigenvalue weighted by Crippen LogP contribution is 2.17. The molecule has 0 radical (unpaired) electrons. The first-order chi connectivity index (χ1) is 8.35. The van der Waals surface area contributed by atoms with Crippen LogP contribution in [-0.2, 0) is 17.9 Å². The molecule has 0 fully saturated rings. The van der Waals surface area contributed by atoms with Gasteiger partial charge in [0.1, 0.15) is 0 Å². The largest absolute Gasteiger partial charge is 0.392 e. The Kier molecular flexibility index (Phi) is 4.18. The molecule has 92 valence electrons. The van der Waals surface area contributed by atoms with Gasteiger partial charge >= 0.3 is 0 Å². The van der Waals surface area contributed by atoms with E-state index in [-0.39, 0.29) is 6.61 Å². The monoisotopic (exact) mass is 233 g/mol. The van der Waals surface area contributed by atoms with E-state index in [1.165, 1.54) is 5.39 Å². The summed E-state index contributed by atoms with van der Waals surface area (Å²) in [6, 6.07) is 8.13. The van der Waals surface area contributed by atoms with E-state index in [1.54, 1.807) is 0 Å². The number of nitrogens with zero attached hydrogens (tertiary/aromatic N) is 1. The molecule has 0 atom stereocenters. The number of benzene rings is 1. The number of aliphatic hydroxyl groups excluding tert-OH is 1. The van der Waals surface area contributed by atoms with Crippen LogP contribution >= 0.6 is 0 Å². The van der Waals surface area contributed by atoms with Crippen LogP contribution in [0.15, 0.2) is 30.5 Å². The van der Waals surface area contributed by atoms with Crippen molar-refractivity contribution in [2.24, 2.45) is 0 Å². The minimum Gasteiger partial charge on any atom is -0.392 e. The number of rotatable bonds is 6. The number of hydrogen-bond donors (Lipinski definition) is 1. The molecule has 0 aliphatic rings. The average Bonchev–Trinajstić information content (AvgIpc) is 2.77. The quantitative estimate of drug-likeness (QED) is 0.778. The molecule has 1 aromatic heterocycles. The SMILES string of the molecule is CCCOCCn1ccc2ccc(CO)cc21. The van der Waals surface area contributed by atoms with Crippen molar-refractivity contribution in [2.75, 3.05) is 13.2 Å². The van der Waals surface area contributed by atoms with Gasteiger partial charge in [0.05, 0.1) is 13.2 Å². The van der Waals surface area contributed by atoms with Gasteiger partial charge in [0, 0.05) is 24.9 Å². The third-order valence-corrected chi connectivity index (χ3v) is 2.85. The minimum absolute atomic E-state index is 0.0907. The second-order valence-corrected chi connectivity index (χ2v) is 4.17. The number of hydrogen-bond acceptors (Lipinski definition) is 2. The topological polar surface area (TPSA) is 34.4 Å². The molecule has 0 unspecified atom stereocenters. The smallest absolute Gasteiger partial charge is 0.0682 e. The molecule has 2 rings (SSSR count). The van der Waals surface area contributed by atoms with Crippen molar-refractivity contribution in [1.82, 2.24) is 4.57 Å². The van der Waals surface area contributed by atoms with E-state index in [0.717, 1.165) is 37.3 Å². The van der Waals surface area contributed by atoms with E-state index in [9.17, 15) is 0 Å². The van der Waals surface area contributed by atoms with Gasteiger partial charge in [0.2, 0.25) is 0 Å². The summed E-state index contributed by atoms with van der Waals surface area (Å²) < 4.78 is 7.66. The molecule has 0 saturated heterocycles. The van der Waals surface area contributed by atoms with Crippen molar-refractivity contribution >= 4 is 10.9 Å². The summed E-state index contributed by atoms with van der Waals surface area (Å²) in [6.07, 6.45) is 3.13. The van der Waals surface area contributed by atoms with Crippen molar-refractivity contribution < 1.29 is 9.84 Å². The maximum absolute atomic E-state index is 9.14. The summed E-state index contributed by atoms with van der Waals surface area (Å²) in [7, 11) is 0. The lowest BCUT2D eigenvalue weighted by Gasteiger charge is -2.07. The number of ether oxygens (including phenoxy) is 1. The van der Waals surface area contributed by atoms with Crippen molar-refractivity contribution in [2.45, 2.75) is 26.5 Å². The Morgan fingerprint density at radius 2 is 2.12 bits per heavy atom. The zero-order valence-corrected chi connectivity index (χ0v) is 10.2. The Bertz CT molecular complexity index is 476. The Labute approximate surface area is 102 Å². The summed E-state index contributed by atoms with van der Waals surface area (Å²) in [5.74, 6) is 0. The molecule has 3 nitrogen and oxygen atoms in total. The maximum atomic E-state index is 9.14. The van der Waals surface area contributed by atoms with Crippen LogP contribution in [0.4, 0.5) is 0 Å². The summed E-state index contributed by atoms with van der Waals surface area (Å²) in [6.45, 7) is 4.62. The molecule has 0 spiro atoms. The van der Waals surface area contributed by atoms with Gasteiger partial charge in [0.15, 0.2) is 0 Å². The van der Waals surface area contributed by atoms with Gasteiger partial charge < -0.3 is 14.4 Å². The van der Waals surface area contributed by atoms with Gasteiger partial charge in [-0.1, -0.05) is 19.1 Å². The number of fused-ring (bicyclic) bond motifs is 1. The molecular formula is C14H19NO2. The molecule has 1 heterocycles. The fourth-order valence-corrected chi connectivity index (χ4v) is 1.93. The van der Waals surface area contributed by atoms with Crippen molar-refractivity contribution in [3.8, 4) is 0 Å². The fourth-order valence-electron chi connectivity index (χ4n) is 1.93. The highest BCUT2D eigenvalue weighted by Gasteiger charge is 2.01. The summed E-state index contributed by atoms with van der Waals surface area (Å²) in [5, 5.41) is 10.3. The summed E-state index contributed by atoms with van der Waals surface area (Å²) >= 11 is 0. The van der Waals surface area contributed by atoms with E-state index in [0.29, 0.717) is 0 Å². The third kappa shape index (κ3) is 2.87. The predicted octanol–water partition coefficient (Wildman–Crippen LogP) is 2.56. The van der Waals surface area contributed by atoms with Gasteiger partial charge in [0.25, 0.3) is 0 Å². The van der Waals surface area contributed by atoms with Crippen molar-refractivity contribution in [3.05, 3.63) is 36.0 Å². The molecule has 3 heteroatoms. The molecule has 0 aliphatic heterocycles. The standard InChI is InChI=1S/C14H19NO2/c1-2-8-17-9-7-15-6-5-13-4-3-12(11-16)10-14(13)15/h3-6,10,16H,2,7-9,11H2,1H3.